The predicted molar refractivity (Wildman–Crippen MR) is 113 cm³/mol. The molecule has 146 valence electrons. The van der Waals surface area contributed by atoms with Crippen LogP contribution in [-0.2, 0) is 20.7 Å². The average Bonchev–Trinajstić information content (AvgIpc) is 3.06. The van der Waals surface area contributed by atoms with Gasteiger partial charge in [0, 0.05) is 11.4 Å². The van der Waals surface area contributed by atoms with Crippen LogP contribution in [0.2, 0.25) is 10.0 Å². The molecule has 3 aromatic rings. The van der Waals surface area contributed by atoms with Gasteiger partial charge in [0.2, 0.25) is 0 Å². The zero-order chi connectivity index (χ0) is 20.1. The van der Waals surface area contributed by atoms with E-state index >= 15 is 0 Å². The number of thiazole rings is 1. The van der Waals surface area contributed by atoms with E-state index in [4.69, 9.17) is 27.9 Å². The van der Waals surface area contributed by atoms with Gasteiger partial charge in [0.15, 0.2) is 6.10 Å². The molecule has 0 spiro atoms. The summed E-state index contributed by atoms with van der Waals surface area (Å²) in [4.78, 5) is 28.8. The zero-order valence-corrected chi connectivity index (χ0v) is 17.4. The number of amides is 1. The Hall–Kier alpha value is -2.15. The van der Waals surface area contributed by atoms with Gasteiger partial charge in [0.1, 0.15) is 0 Å². The van der Waals surface area contributed by atoms with Crippen LogP contribution in [0, 0.1) is 0 Å². The molecule has 0 aliphatic carbocycles. The van der Waals surface area contributed by atoms with Crippen molar-refractivity contribution in [3.63, 3.8) is 0 Å². The predicted octanol–water partition coefficient (Wildman–Crippen LogP) is 5.50. The van der Waals surface area contributed by atoms with Gasteiger partial charge in [0.05, 0.1) is 25.9 Å². The highest BCUT2D eigenvalue weighted by atomic mass is 35.5. The number of hydrogen-bond donors (Lipinski definition) is 1. The average molecular weight is 437 g/mol. The number of rotatable bonds is 7. The molecule has 3 rings (SSSR count). The molecule has 8 heteroatoms. The summed E-state index contributed by atoms with van der Waals surface area (Å²) in [5, 5.41) is 4.39. The highest BCUT2D eigenvalue weighted by molar-refractivity contribution is 7.18. The number of nitrogens with zero attached hydrogens (tertiary/aromatic N) is 1. The highest BCUT2D eigenvalue weighted by Gasteiger charge is 2.19. The number of aromatic nitrogens is 1. The molecule has 0 saturated carbocycles. The summed E-state index contributed by atoms with van der Waals surface area (Å²) in [5.41, 5.74) is 1.38. The third kappa shape index (κ3) is 5.44. The van der Waals surface area contributed by atoms with Gasteiger partial charge in [-0.3, -0.25) is 9.59 Å². The number of hydrogen-bond acceptors (Lipinski definition) is 5. The fraction of sp³-hybridized carbons (Fsp3) is 0.250. The second-order valence-electron chi connectivity index (χ2n) is 6.17. The minimum absolute atomic E-state index is 0.218. The monoisotopic (exact) mass is 436 g/mol. The quantitative estimate of drug-likeness (QED) is 0.496. The third-order valence-corrected chi connectivity index (χ3v) is 5.62. The number of fused-ring (bicyclic) bond motifs is 1. The molecule has 5 nitrogen and oxygen atoms in total. The number of ether oxygens (including phenoxy) is 1. The van der Waals surface area contributed by atoms with Crippen molar-refractivity contribution in [1.82, 2.24) is 4.98 Å². The Morgan fingerprint density at radius 1 is 1.21 bits per heavy atom. The van der Waals surface area contributed by atoms with E-state index in [1.807, 2.05) is 24.3 Å². The van der Waals surface area contributed by atoms with E-state index in [0.29, 0.717) is 28.6 Å². The van der Waals surface area contributed by atoms with E-state index in [0.717, 1.165) is 15.2 Å². The van der Waals surface area contributed by atoms with Gasteiger partial charge < -0.3 is 10.1 Å². The molecule has 0 aliphatic heterocycles. The molecule has 0 radical (unpaired) electrons. The number of carbonyl (C=O) groups is 2. The number of aryl methyl sites for hydroxylation is 1. The van der Waals surface area contributed by atoms with Crippen LogP contribution in [-0.4, -0.2) is 23.0 Å². The summed E-state index contributed by atoms with van der Waals surface area (Å²) in [6, 6.07) is 12.7. The lowest BCUT2D eigenvalue weighted by Gasteiger charge is -2.14. The SMILES string of the molecule is CC(OC(=O)CCCc1nc2ccccc2s1)C(=O)Nc1ccc(Cl)cc1Cl. The van der Waals surface area contributed by atoms with E-state index in [-0.39, 0.29) is 6.42 Å². The molecular weight excluding hydrogens is 419 g/mol. The van der Waals surface area contributed by atoms with E-state index in [1.54, 1.807) is 23.5 Å². The first-order valence-corrected chi connectivity index (χ1v) is 10.3. The standard InChI is InChI=1S/C20H18Cl2N2O3S/c1-12(20(26)24-15-10-9-13(21)11-14(15)22)27-19(25)8-4-7-18-23-16-5-2-3-6-17(16)28-18/h2-3,5-6,9-12H,4,7-8H2,1H3,(H,24,26). The minimum Gasteiger partial charge on any atom is -0.453 e. The van der Waals surface area contributed by atoms with Crippen LogP contribution < -0.4 is 5.32 Å². The van der Waals surface area contributed by atoms with E-state index < -0.39 is 18.0 Å². The maximum absolute atomic E-state index is 12.2. The minimum atomic E-state index is -0.929. The van der Waals surface area contributed by atoms with Crippen LogP contribution in [0.15, 0.2) is 42.5 Å². The van der Waals surface area contributed by atoms with E-state index in [2.05, 4.69) is 10.3 Å². The molecule has 1 unspecified atom stereocenters. The number of nitrogens with one attached hydrogen (secondary N) is 1. The Kier molecular flexibility index (Phi) is 6.88. The molecule has 0 saturated heterocycles. The van der Waals surface area contributed by atoms with E-state index in [9.17, 15) is 9.59 Å². The second kappa shape index (κ2) is 9.37. The van der Waals surface area contributed by atoms with Crippen LogP contribution >= 0.6 is 34.5 Å². The lowest BCUT2D eigenvalue weighted by atomic mass is 10.2. The maximum atomic E-state index is 12.2. The van der Waals surface area contributed by atoms with Crippen LogP contribution in [0.5, 0.6) is 0 Å². The lowest BCUT2D eigenvalue weighted by Crippen LogP contribution is -2.30. The lowest BCUT2D eigenvalue weighted by molar-refractivity contribution is -0.153. The van der Waals surface area contributed by atoms with Crippen molar-refractivity contribution >= 4 is 62.3 Å². The Balaban J connectivity index is 1.45. The van der Waals surface area contributed by atoms with Gasteiger partial charge in [-0.1, -0.05) is 35.3 Å². The number of para-hydroxylation sites is 1. The molecule has 0 fully saturated rings. The number of halogens is 2. The summed E-state index contributed by atoms with van der Waals surface area (Å²) in [6.45, 7) is 1.52. The van der Waals surface area contributed by atoms with Crippen molar-refractivity contribution in [2.75, 3.05) is 5.32 Å². The number of carbonyl (C=O) groups excluding carboxylic acids is 2. The van der Waals surface area contributed by atoms with Crippen molar-refractivity contribution in [2.24, 2.45) is 0 Å². The molecule has 0 bridgehead atoms. The Labute approximate surface area is 176 Å². The van der Waals surface area contributed by atoms with Crippen molar-refractivity contribution in [3.8, 4) is 0 Å². The van der Waals surface area contributed by atoms with Crippen molar-refractivity contribution < 1.29 is 14.3 Å². The molecular formula is C20H18Cl2N2O3S. The highest BCUT2D eigenvalue weighted by Crippen LogP contribution is 2.26. The summed E-state index contributed by atoms with van der Waals surface area (Å²) in [7, 11) is 0. The number of anilines is 1. The van der Waals surface area contributed by atoms with E-state index in [1.165, 1.54) is 13.0 Å². The molecule has 1 aromatic heterocycles. The van der Waals surface area contributed by atoms with Crippen LogP contribution in [0.1, 0.15) is 24.8 Å². The van der Waals surface area contributed by atoms with Crippen LogP contribution in [0.4, 0.5) is 5.69 Å². The number of esters is 1. The Morgan fingerprint density at radius 3 is 2.75 bits per heavy atom. The van der Waals surface area contributed by atoms with Gasteiger partial charge in [-0.15, -0.1) is 11.3 Å². The Bertz CT molecular complexity index is 973. The Morgan fingerprint density at radius 2 is 2.00 bits per heavy atom. The van der Waals surface area contributed by atoms with Crippen molar-refractivity contribution in [2.45, 2.75) is 32.3 Å². The summed E-state index contributed by atoms with van der Waals surface area (Å²) >= 11 is 13.5. The topological polar surface area (TPSA) is 68.3 Å². The fourth-order valence-corrected chi connectivity index (χ4v) is 4.01. The smallest absolute Gasteiger partial charge is 0.306 e. The third-order valence-electron chi connectivity index (χ3n) is 3.98. The molecule has 2 aromatic carbocycles. The molecule has 0 aliphatic rings. The van der Waals surface area contributed by atoms with Crippen molar-refractivity contribution in [3.05, 3.63) is 57.5 Å². The first kappa shape index (κ1) is 20.6. The fourth-order valence-electron chi connectivity index (χ4n) is 2.55. The first-order valence-electron chi connectivity index (χ1n) is 8.72. The maximum Gasteiger partial charge on any atom is 0.306 e. The molecule has 1 amide bonds. The molecule has 28 heavy (non-hydrogen) atoms. The largest absolute Gasteiger partial charge is 0.453 e. The normalized spacial score (nSPS) is 12.0. The molecule has 1 atom stereocenters. The second-order valence-corrected chi connectivity index (χ2v) is 8.13. The van der Waals surface area contributed by atoms with Gasteiger partial charge in [-0.25, -0.2) is 4.98 Å². The summed E-state index contributed by atoms with van der Waals surface area (Å²) in [5.74, 6) is -0.880. The van der Waals surface area contributed by atoms with Crippen molar-refractivity contribution in [1.29, 1.82) is 0 Å². The van der Waals surface area contributed by atoms with Gasteiger partial charge in [-0.2, -0.15) is 0 Å². The van der Waals surface area contributed by atoms with Crippen LogP contribution in [0.25, 0.3) is 10.2 Å². The molecule has 1 heterocycles. The zero-order valence-electron chi connectivity index (χ0n) is 15.1. The summed E-state index contributed by atoms with van der Waals surface area (Å²) < 4.78 is 6.34. The van der Waals surface area contributed by atoms with Gasteiger partial charge in [-0.05, 0) is 50.1 Å². The first-order chi connectivity index (χ1) is 13.4. The van der Waals surface area contributed by atoms with Gasteiger partial charge >= 0.3 is 5.97 Å². The number of benzene rings is 2. The summed E-state index contributed by atoms with van der Waals surface area (Å²) in [6.07, 6.45) is 0.586. The van der Waals surface area contributed by atoms with Gasteiger partial charge in [0.25, 0.3) is 5.91 Å². The van der Waals surface area contributed by atoms with Crippen LogP contribution in [0.3, 0.4) is 0 Å². The molecule has 1 N–H and O–H groups in total.